The first-order valence-corrected chi connectivity index (χ1v) is 8.99. The number of ether oxygens (including phenoxy) is 2. The molecule has 0 heterocycles. The number of methoxy groups -OCH3 is 1. The third-order valence-corrected chi connectivity index (χ3v) is 4.31. The largest absolute Gasteiger partial charge is 0.506 e. The number of carboxylic acid groups (broad SMARTS) is 1. The summed E-state index contributed by atoms with van der Waals surface area (Å²) in [5, 5.41) is 19.2. The Balaban J connectivity index is 1.71. The van der Waals surface area contributed by atoms with E-state index in [4.69, 9.17) is 26.2 Å². The molecule has 0 aliphatic carbocycles. The molecular weight excluding hydrogens is 394 g/mol. The van der Waals surface area contributed by atoms with Gasteiger partial charge in [-0.3, -0.25) is 4.99 Å². The van der Waals surface area contributed by atoms with Crippen LogP contribution in [0, 0.1) is 0 Å². The van der Waals surface area contributed by atoms with Crippen LogP contribution in [0.3, 0.4) is 0 Å². The number of phenolic OH excluding ortho intramolecular Hbond substituents is 1. The standard InChI is InChI=1S/C22H18ClNO5/c1-28-21-10-15(12-24-18-8-7-17(23)11-19(18)25)4-9-20(21)29-13-14-2-5-16(6-3-14)22(26)27/h2-12,25H,13H2,1H3,(H,26,27). The summed E-state index contributed by atoms with van der Waals surface area (Å²) in [6, 6.07) is 16.5. The number of benzene rings is 3. The Morgan fingerprint density at radius 3 is 2.48 bits per heavy atom. The molecule has 0 fully saturated rings. The first-order valence-electron chi connectivity index (χ1n) is 8.62. The number of carboxylic acids is 1. The minimum atomic E-state index is -0.969. The molecule has 3 aromatic carbocycles. The fraction of sp³-hybridized carbons (Fsp3) is 0.0909. The van der Waals surface area contributed by atoms with Gasteiger partial charge in [0, 0.05) is 17.3 Å². The first-order chi connectivity index (χ1) is 14.0. The maximum absolute atomic E-state index is 10.9. The van der Waals surface area contributed by atoms with Gasteiger partial charge >= 0.3 is 5.97 Å². The summed E-state index contributed by atoms with van der Waals surface area (Å²) < 4.78 is 11.2. The van der Waals surface area contributed by atoms with Gasteiger partial charge in [0.1, 0.15) is 18.0 Å². The normalized spacial score (nSPS) is 10.8. The van der Waals surface area contributed by atoms with Crippen molar-refractivity contribution in [1.82, 2.24) is 0 Å². The number of nitrogens with zero attached hydrogens (tertiary/aromatic N) is 1. The van der Waals surface area contributed by atoms with Crippen molar-refractivity contribution < 1.29 is 24.5 Å². The van der Waals surface area contributed by atoms with Gasteiger partial charge in [-0.15, -0.1) is 0 Å². The molecule has 29 heavy (non-hydrogen) atoms. The quantitative estimate of drug-likeness (QED) is 0.529. The van der Waals surface area contributed by atoms with Gasteiger partial charge in [-0.2, -0.15) is 0 Å². The second-order valence-corrected chi connectivity index (χ2v) is 6.53. The highest BCUT2D eigenvalue weighted by Crippen LogP contribution is 2.31. The minimum Gasteiger partial charge on any atom is -0.506 e. The van der Waals surface area contributed by atoms with Gasteiger partial charge in [-0.05, 0) is 53.6 Å². The number of aliphatic imine (C=N–C) groups is 1. The van der Waals surface area contributed by atoms with Crippen LogP contribution >= 0.6 is 11.6 Å². The van der Waals surface area contributed by atoms with Gasteiger partial charge in [0.2, 0.25) is 0 Å². The zero-order valence-electron chi connectivity index (χ0n) is 15.5. The fourth-order valence-corrected chi connectivity index (χ4v) is 2.70. The van der Waals surface area contributed by atoms with E-state index in [1.54, 1.807) is 42.6 Å². The number of carbonyl (C=O) groups is 1. The van der Waals surface area contributed by atoms with E-state index in [-0.39, 0.29) is 17.9 Å². The van der Waals surface area contributed by atoms with Crippen LogP contribution in [-0.2, 0) is 6.61 Å². The zero-order valence-corrected chi connectivity index (χ0v) is 16.3. The molecule has 2 N–H and O–H groups in total. The number of aromatic hydroxyl groups is 1. The fourth-order valence-electron chi connectivity index (χ4n) is 2.54. The van der Waals surface area contributed by atoms with Crippen LogP contribution in [0.5, 0.6) is 17.2 Å². The van der Waals surface area contributed by atoms with Gasteiger partial charge in [0.05, 0.1) is 12.7 Å². The lowest BCUT2D eigenvalue weighted by atomic mass is 10.1. The van der Waals surface area contributed by atoms with Gasteiger partial charge in [0.25, 0.3) is 0 Å². The molecule has 6 nitrogen and oxygen atoms in total. The number of halogens is 1. The van der Waals surface area contributed by atoms with Gasteiger partial charge in [-0.1, -0.05) is 23.7 Å². The summed E-state index contributed by atoms with van der Waals surface area (Å²) in [6.45, 7) is 0.266. The second-order valence-electron chi connectivity index (χ2n) is 6.09. The summed E-state index contributed by atoms with van der Waals surface area (Å²) in [7, 11) is 1.54. The Labute approximate surface area is 172 Å². The molecule has 0 saturated heterocycles. The molecule has 0 amide bonds. The molecule has 0 saturated carbocycles. The highest BCUT2D eigenvalue weighted by molar-refractivity contribution is 6.30. The summed E-state index contributed by atoms with van der Waals surface area (Å²) in [5.41, 5.74) is 2.22. The van der Waals surface area contributed by atoms with Crippen molar-refractivity contribution in [2.24, 2.45) is 4.99 Å². The van der Waals surface area contributed by atoms with E-state index >= 15 is 0 Å². The third kappa shape index (κ3) is 5.27. The lowest BCUT2D eigenvalue weighted by Crippen LogP contribution is -2.00. The average Bonchev–Trinajstić information content (AvgIpc) is 2.72. The van der Waals surface area contributed by atoms with Crippen molar-refractivity contribution in [3.63, 3.8) is 0 Å². The molecule has 0 radical (unpaired) electrons. The van der Waals surface area contributed by atoms with Crippen LogP contribution in [0.2, 0.25) is 5.02 Å². The highest BCUT2D eigenvalue weighted by atomic mass is 35.5. The van der Waals surface area contributed by atoms with Crippen LogP contribution in [-0.4, -0.2) is 29.5 Å². The maximum Gasteiger partial charge on any atom is 0.335 e. The van der Waals surface area contributed by atoms with E-state index in [2.05, 4.69) is 4.99 Å². The number of hydrogen-bond donors (Lipinski definition) is 2. The molecule has 0 unspecified atom stereocenters. The summed E-state index contributed by atoms with van der Waals surface area (Å²) in [4.78, 5) is 15.2. The van der Waals surface area contributed by atoms with Crippen molar-refractivity contribution in [2.75, 3.05) is 7.11 Å². The molecule has 148 valence electrons. The Kier molecular flexibility index (Phi) is 6.36. The van der Waals surface area contributed by atoms with E-state index in [0.29, 0.717) is 22.2 Å². The van der Waals surface area contributed by atoms with Crippen molar-refractivity contribution in [3.8, 4) is 17.2 Å². The zero-order chi connectivity index (χ0) is 20.8. The summed E-state index contributed by atoms with van der Waals surface area (Å²) in [6.07, 6.45) is 1.60. The highest BCUT2D eigenvalue weighted by Gasteiger charge is 2.07. The summed E-state index contributed by atoms with van der Waals surface area (Å²) in [5.74, 6) is 0.0932. The van der Waals surface area contributed by atoms with Crippen LogP contribution in [0.25, 0.3) is 0 Å². The average molecular weight is 412 g/mol. The van der Waals surface area contributed by atoms with Crippen LogP contribution in [0.1, 0.15) is 21.5 Å². The van der Waals surface area contributed by atoms with Crippen molar-refractivity contribution in [2.45, 2.75) is 6.61 Å². The Morgan fingerprint density at radius 1 is 1.07 bits per heavy atom. The second kappa shape index (κ2) is 9.12. The van der Waals surface area contributed by atoms with Gasteiger partial charge in [-0.25, -0.2) is 4.79 Å². The van der Waals surface area contributed by atoms with E-state index in [1.165, 1.54) is 25.3 Å². The summed E-state index contributed by atoms with van der Waals surface area (Å²) >= 11 is 5.82. The smallest absolute Gasteiger partial charge is 0.335 e. The van der Waals surface area contributed by atoms with E-state index < -0.39 is 5.97 Å². The molecular formula is C22H18ClNO5. The maximum atomic E-state index is 10.9. The predicted octanol–water partition coefficient (Wildman–Crippen LogP) is 5.08. The lowest BCUT2D eigenvalue weighted by Gasteiger charge is -2.11. The van der Waals surface area contributed by atoms with Crippen LogP contribution < -0.4 is 9.47 Å². The molecule has 0 aliphatic rings. The molecule has 3 rings (SSSR count). The van der Waals surface area contributed by atoms with Crippen molar-refractivity contribution in [3.05, 3.63) is 82.4 Å². The topological polar surface area (TPSA) is 88.4 Å². The van der Waals surface area contributed by atoms with Gasteiger partial charge < -0.3 is 19.7 Å². The SMILES string of the molecule is COc1cc(C=Nc2ccc(Cl)cc2O)ccc1OCc1ccc(C(=O)O)cc1. The number of hydrogen-bond acceptors (Lipinski definition) is 5. The van der Waals surface area contributed by atoms with E-state index in [1.807, 2.05) is 6.07 Å². The molecule has 0 spiro atoms. The monoisotopic (exact) mass is 411 g/mol. The van der Waals surface area contributed by atoms with Crippen LogP contribution in [0.15, 0.2) is 65.7 Å². The Morgan fingerprint density at radius 2 is 1.83 bits per heavy atom. The number of rotatable bonds is 7. The van der Waals surface area contributed by atoms with E-state index in [9.17, 15) is 9.90 Å². The van der Waals surface area contributed by atoms with E-state index in [0.717, 1.165) is 11.1 Å². The lowest BCUT2D eigenvalue weighted by molar-refractivity contribution is 0.0697. The Bertz CT molecular complexity index is 1050. The Hall–Kier alpha value is -3.51. The van der Waals surface area contributed by atoms with Gasteiger partial charge in [0.15, 0.2) is 11.5 Å². The van der Waals surface area contributed by atoms with Crippen LogP contribution in [0.4, 0.5) is 5.69 Å². The third-order valence-electron chi connectivity index (χ3n) is 4.07. The molecule has 3 aromatic rings. The molecule has 0 aromatic heterocycles. The molecule has 7 heteroatoms. The molecule has 0 aliphatic heterocycles. The number of aromatic carboxylic acids is 1. The van der Waals surface area contributed by atoms with Crippen molar-refractivity contribution in [1.29, 1.82) is 0 Å². The van der Waals surface area contributed by atoms with Crippen molar-refractivity contribution >= 4 is 29.5 Å². The first kappa shape index (κ1) is 20.2. The molecule has 0 bridgehead atoms. The molecule has 0 atom stereocenters. The number of phenols is 1. The minimum absolute atomic E-state index is 0.00501. The predicted molar refractivity (Wildman–Crippen MR) is 111 cm³/mol.